The van der Waals surface area contributed by atoms with Crippen molar-refractivity contribution in [1.29, 1.82) is 0 Å². The van der Waals surface area contributed by atoms with E-state index in [1.54, 1.807) is 6.07 Å². The number of aromatic amines is 1. The van der Waals surface area contributed by atoms with Crippen molar-refractivity contribution in [1.82, 2.24) is 19.6 Å². The molecule has 1 atom stereocenters. The molecule has 4 rings (SSSR count). The molecule has 3 heterocycles. The van der Waals surface area contributed by atoms with E-state index in [2.05, 4.69) is 25.5 Å². The fourth-order valence-corrected chi connectivity index (χ4v) is 5.23. The van der Waals surface area contributed by atoms with Crippen molar-refractivity contribution in [3.05, 3.63) is 34.2 Å². The highest BCUT2D eigenvalue weighted by Gasteiger charge is 2.29. The van der Waals surface area contributed by atoms with E-state index < -0.39 is 15.6 Å². The summed E-state index contributed by atoms with van der Waals surface area (Å²) in [7, 11) is -3.68. The molecule has 0 amide bonds. The average Bonchev–Trinajstić information content (AvgIpc) is 3.18. The quantitative estimate of drug-likeness (QED) is 0.672. The van der Waals surface area contributed by atoms with Crippen molar-refractivity contribution in [2.45, 2.75) is 37.6 Å². The van der Waals surface area contributed by atoms with Crippen molar-refractivity contribution in [3.63, 3.8) is 0 Å². The van der Waals surface area contributed by atoms with Gasteiger partial charge >= 0.3 is 0 Å². The van der Waals surface area contributed by atoms with Gasteiger partial charge in [-0.3, -0.25) is 4.79 Å². The number of piperazine rings is 1. The number of hydrogen-bond acceptors (Lipinski definition) is 8. The summed E-state index contributed by atoms with van der Waals surface area (Å²) in [5, 5.41) is 11.3. The van der Waals surface area contributed by atoms with Crippen molar-refractivity contribution in [2.24, 2.45) is 10.2 Å². The molecule has 2 N–H and O–H groups in total. The lowest BCUT2D eigenvalue weighted by atomic mass is 10.1. The number of aromatic nitrogens is 2. The van der Waals surface area contributed by atoms with Gasteiger partial charge in [0.05, 0.1) is 17.1 Å². The normalized spacial score (nSPS) is 18.8. The summed E-state index contributed by atoms with van der Waals surface area (Å²) in [5.41, 5.74) is 0.739. The van der Waals surface area contributed by atoms with Gasteiger partial charge in [0.1, 0.15) is 23.3 Å². The Balaban J connectivity index is 1.81. The molecule has 10 nitrogen and oxygen atoms in total. The molecule has 0 bridgehead atoms. The van der Waals surface area contributed by atoms with Crippen LogP contribution in [0, 0.1) is 0 Å². The van der Waals surface area contributed by atoms with E-state index in [1.165, 1.54) is 16.4 Å². The van der Waals surface area contributed by atoms with Crippen molar-refractivity contribution < 1.29 is 13.2 Å². The molecule has 1 unspecified atom stereocenters. The Morgan fingerprint density at radius 2 is 2.00 bits per heavy atom. The molecule has 31 heavy (non-hydrogen) atoms. The van der Waals surface area contributed by atoms with Crippen LogP contribution in [0.15, 0.2) is 38.1 Å². The highest BCUT2D eigenvalue weighted by molar-refractivity contribution is 7.89. The van der Waals surface area contributed by atoms with Gasteiger partial charge in [0.15, 0.2) is 5.69 Å². The Hall–Kier alpha value is -2.63. The zero-order valence-electron chi connectivity index (χ0n) is 17.6. The number of benzene rings is 1. The summed E-state index contributed by atoms with van der Waals surface area (Å²) in [6.07, 6.45) is 1.59. The summed E-state index contributed by atoms with van der Waals surface area (Å²) in [6.45, 7) is 6.27. The summed E-state index contributed by atoms with van der Waals surface area (Å²) >= 11 is 0. The predicted octanol–water partition coefficient (Wildman–Crippen LogP) is 2.37. The van der Waals surface area contributed by atoms with E-state index in [1.807, 2.05) is 13.8 Å². The second-order valence-electron chi connectivity index (χ2n) is 7.41. The maximum Gasteiger partial charge on any atom is 0.279 e. The van der Waals surface area contributed by atoms with E-state index in [0.29, 0.717) is 49.8 Å². The number of H-pyrrole nitrogens is 1. The van der Waals surface area contributed by atoms with Crippen molar-refractivity contribution in [2.75, 3.05) is 32.8 Å². The van der Waals surface area contributed by atoms with Gasteiger partial charge in [-0.2, -0.15) is 9.42 Å². The number of sulfonamides is 1. The minimum atomic E-state index is -3.68. The number of hydrogen-bond donors (Lipinski definition) is 2. The Morgan fingerprint density at radius 1 is 1.23 bits per heavy atom. The van der Waals surface area contributed by atoms with Gasteiger partial charge in [0.2, 0.25) is 10.0 Å². The van der Waals surface area contributed by atoms with E-state index in [9.17, 15) is 13.2 Å². The monoisotopic (exact) mass is 446 g/mol. The number of nitrogens with zero attached hydrogens (tertiary/aromatic N) is 4. The maximum absolute atomic E-state index is 13.2. The molecule has 2 aliphatic rings. The first-order valence-electron chi connectivity index (χ1n) is 10.5. The molecule has 1 aromatic carbocycles. The molecule has 1 aromatic heterocycles. The number of ether oxygens (including phenoxy) is 1. The van der Waals surface area contributed by atoms with Gasteiger partial charge in [-0.15, -0.1) is 5.11 Å². The van der Waals surface area contributed by atoms with Crippen molar-refractivity contribution >= 4 is 15.7 Å². The first kappa shape index (κ1) is 21.6. The topological polar surface area (TPSA) is 129 Å². The molecule has 1 saturated heterocycles. The van der Waals surface area contributed by atoms with Gasteiger partial charge in [-0.05, 0) is 31.5 Å². The lowest BCUT2D eigenvalue weighted by molar-refractivity contribution is 0.341. The SMILES string of the molecule is CCCC1N=Nc2c1nc(-c1cc(S(=O)(=O)N3CCNCC3)ccc1OCC)[nH]c2=O. The molecule has 0 spiro atoms. The Morgan fingerprint density at radius 3 is 2.71 bits per heavy atom. The zero-order valence-corrected chi connectivity index (χ0v) is 18.4. The lowest BCUT2D eigenvalue weighted by Crippen LogP contribution is -2.46. The first-order chi connectivity index (χ1) is 15.0. The summed E-state index contributed by atoms with van der Waals surface area (Å²) < 4.78 is 33.5. The average molecular weight is 447 g/mol. The third-order valence-electron chi connectivity index (χ3n) is 5.32. The van der Waals surface area contributed by atoms with Crippen LogP contribution in [-0.4, -0.2) is 55.5 Å². The van der Waals surface area contributed by atoms with E-state index in [4.69, 9.17) is 4.74 Å². The van der Waals surface area contributed by atoms with Crippen LogP contribution in [0.1, 0.15) is 38.4 Å². The van der Waals surface area contributed by atoms with Crippen LogP contribution in [0.5, 0.6) is 5.75 Å². The summed E-state index contributed by atoms with van der Waals surface area (Å²) in [6, 6.07) is 4.39. The Bertz CT molecular complexity index is 1150. The predicted molar refractivity (Wildman–Crippen MR) is 115 cm³/mol. The van der Waals surface area contributed by atoms with Gasteiger partial charge in [-0.1, -0.05) is 13.3 Å². The second kappa shape index (κ2) is 8.85. The minimum absolute atomic E-state index is 0.135. The van der Waals surface area contributed by atoms with Crippen LogP contribution in [-0.2, 0) is 10.0 Å². The maximum atomic E-state index is 13.2. The number of azo groups is 1. The molecule has 166 valence electrons. The zero-order chi connectivity index (χ0) is 22.0. The molecule has 0 aliphatic carbocycles. The Kier molecular flexibility index (Phi) is 6.17. The van der Waals surface area contributed by atoms with Gasteiger partial charge in [0.25, 0.3) is 5.56 Å². The van der Waals surface area contributed by atoms with Crippen LogP contribution in [0.3, 0.4) is 0 Å². The molecular weight excluding hydrogens is 420 g/mol. The minimum Gasteiger partial charge on any atom is -0.493 e. The van der Waals surface area contributed by atoms with Crippen LogP contribution in [0.4, 0.5) is 5.69 Å². The van der Waals surface area contributed by atoms with Crippen molar-refractivity contribution in [3.8, 4) is 17.1 Å². The fourth-order valence-electron chi connectivity index (χ4n) is 3.76. The molecule has 2 aliphatic heterocycles. The van der Waals surface area contributed by atoms with Crippen LogP contribution in [0.25, 0.3) is 11.4 Å². The molecule has 2 aromatic rings. The van der Waals surface area contributed by atoms with Gasteiger partial charge in [-0.25, -0.2) is 13.4 Å². The number of fused-ring (bicyclic) bond motifs is 1. The highest BCUT2D eigenvalue weighted by atomic mass is 32.2. The standard InChI is InChI=1S/C20H26N6O4S/c1-3-5-15-17-18(25-24-15)20(27)23-19(22-17)14-12-13(6-7-16(14)30-4-2)31(28,29)26-10-8-21-9-11-26/h6-7,12,15,21H,3-5,8-11H2,1-2H3,(H,22,23,27). The third-order valence-corrected chi connectivity index (χ3v) is 7.21. The second-order valence-corrected chi connectivity index (χ2v) is 9.35. The van der Waals surface area contributed by atoms with Gasteiger partial charge in [0, 0.05) is 26.2 Å². The molecule has 1 fully saturated rings. The lowest BCUT2D eigenvalue weighted by Gasteiger charge is -2.27. The van der Waals surface area contributed by atoms with Gasteiger partial charge < -0.3 is 15.0 Å². The number of nitrogens with one attached hydrogen (secondary N) is 2. The fraction of sp³-hybridized carbons (Fsp3) is 0.500. The highest BCUT2D eigenvalue weighted by Crippen LogP contribution is 2.37. The van der Waals surface area contributed by atoms with Crippen LogP contribution in [0.2, 0.25) is 0 Å². The Labute approximate surface area is 180 Å². The molecule has 11 heteroatoms. The third kappa shape index (κ3) is 4.12. The van der Waals surface area contributed by atoms with E-state index >= 15 is 0 Å². The summed E-state index contributed by atoms with van der Waals surface area (Å²) in [5.74, 6) is 0.696. The molecule has 0 saturated carbocycles. The largest absolute Gasteiger partial charge is 0.493 e. The molecule has 0 radical (unpaired) electrons. The molecular formula is C20H26N6O4S. The first-order valence-corrected chi connectivity index (χ1v) is 11.9. The van der Waals surface area contributed by atoms with E-state index in [-0.39, 0.29) is 22.4 Å². The summed E-state index contributed by atoms with van der Waals surface area (Å²) in [4.78, 5) is 20.1. The smallest absolute Gasteiger partial charge is 0.279 e. The number of rotatable bonds is 7. The van der Waals surface area contributed by atoms with E-state index in [0.717, 1.165) is 12.8 Å². The van der Waals surface area contributed by atoms with Crippen LogP contribution >= 0.6 is 0 Å². The van der Waals surface area contributed by atoms with Crippen LogP contribution < -0.4 is 15.6 Å².